The van der Waals surface area contributed by atoms with Gasteiger partial charge in [-0.15, -0.1) is 0 Å². The van der Waals surface area contributed by atoms with Crippen molar-refractivity contribution >= 4 is 7.28 Å². The number of rotatable bonds is 24. The number of unbranched alkanes of at least 4 members (excludes halogenated alkanes) is 18. The molecule has 0 saturated heterocycles. The standard InChI is InChI=1S/C35H67O3P/c1-6-7-8-9-10-11-15-18-21-24-29-39(36,37,38)30-25-22-19-16-13-12-14-17-20-23-26-33-31-32(2)27-28-34(33)35(3,4)5/h27-28,31,36-38H,6-26,29-30H2,1-5H3. The molecule has 0 saturated carbocycles. The molecule has 0 atom stereocenters. The molecule has 39 heavy (non-hydrogen) atoms. The second-order valence-electron chi connectivity index (χ2n) is 13.7. The Kier molecular flexibility index (Phi) is 18.4. The van der Waals surface area contributed by atoms with Crippen molar-refractivity contribution in [3.63, 3.8) is 0 Å². The quantitative estimate of drug-likeness (QED) is 0.0861. The second-order valence-corrected chi connectivity index (χ2v) is 17.2. The molecule has 0 bridgehead atoms. The summed E-state index contributed by atoms with van der Waals surface area (Å²) in [5.74, 6) is 0. The molecule has 3 N–H and O–H groups in total. The van der Waals surface area contributed by atoms with Gasteiger partial charge >= 0.3 is 176 Å². The minimum Gasteiger partial charge on any atom is -0.0590 e. The fourth-order valence-electron chi connectivity index (χ4n) is 5.86. The molecular formula is C35H67O3P. The van der Waals surface area contributed by atoms with Crippen molar-refractivity contribution in [2.45, 2.75) is 175 Å². The van der Waals surface area contributed by atoms with Gasteiger partial charge in [0.2, 0.25) is 0 Å². The minimum atomic E-state index is -4.40. The zero-order chi connectivity index (χ0) is 29.1. The summed E-state index contributed by atoms with van der Waals surface area (Å²) < 4.78 is 0. The topological polar surface area (TPSA) is 60.7 Å². The van der Waals surface area contributed by atoms with Crippen LogP contribution in [0.4, 0.5) is 0 Å². The predicted octanol–water partition coefficient (Wildman–Crippen LogP) is 10.9. The smallest absolute Gasteiger partial charge is 0.0590 e. The Morgan fingerprint density at radius 2 is 0.949 bits per heavy atom. The summed E-state index contributed by atoms with van der Waals surface area (Å²) in [6.45, 7) is 11.4. The van der Waals surface area contributed by atoms with Gasteiger partial charge in [0.25, 0.3) is 0 Å². The Morgan fingerprint density at radius 3 is 1.36 bits per heavy atom. The van der Waals surface area contributed by atoms with Crippen LogP contribution in [0.25, 0.3) is 0 Å². The predicted molar refractivity (Wildman–Crippen MR) is 175 cm³/mol. The van der Waals surface area contributed by atoms with Gasteiger partial charge in [-0.05, 0) is 23.5 Å². The first kappa shape index (κ1) is 36.6. The molecule has 0 aliphatic heterocycles. The van der Waals surface area contributed by atoms with Crippen LogP contribution in [0.2, 0.25) is 0 Å². The van der Waals surface area contributed by atoms with Crippen LogP contribution in [-0.2, 0) is 11.8 Å². The second kappa shape index (κ2) is 19.6. The Hall–Kier alpha value is -0.470. The van der Waals surface area contributed by atoms with E-state index in [9.17, 15) is 14.7 Å². The van der Waals surface area contributed by atoms with Crippen molar-refractivity contribution < 1.29 is 14.7 Å². The van der Waals surface area contributed by atoms with Crippen LogP contribution >= 0.6 is 7.28 Å². The van der Waals surface area contributed by atoms with E-state index in [4.69, 9.17) is 0 Å². The Balaban J connectivity index is 2.00. The van der Waals surface area contributed by atoms with E-state index in [-0.39, 0.29) is 17.7 Å². The van der Waals surface area contributed by atoms with Gasteiger partial charge in [-0.2, -0.15) is 0 Å². The van der Waals surface area contributed by atoms with E-state index >= 15 is 0 Å². The molecule has 1 aromatic rings. The Morgan fingerprint density at radius 1 is 0.564 bits per heavy atom. The SMILES string of the molecule is CCCCCCCCCCCCP(O)(O)(O)CCCCCCCCCCCCc1cc(C)ccc1C(C)(C)C. The first-order valence-electron chi connectivity index (χ1n) is 16.8. The molecule has 0 aromatic heterocycles. The van der Waals surface area contributed by atoms with Gasteiger partial charge in [0.05, 0.1) is 0 Å². The molecule has 4 heteroatoms. The van der Waals surface area contributed by atoms with Gasteiger partial charge in [-0.25, -0.2) is 0 Å². The van der Waals surface area contributed by atoms with Crippen molar-refractivity contribution in [3.8, 4) is 0 Å². The Labute approximate surface area is 243 Å². The summed E-state index contributed by atoms with van der Waals surface area (Å²) in [6.07, 6.45) is 25.5. The van der Waals surface area contributed by atoms with E-state index in [1.165, 1.54) is 113 Å². The number of benzene rings is 1. The molecule has 0 unspecified atom stereocenters. The van der Waals surface area contributed by atoms with Crippen LogP contribution in [0.5, 0.6) is 0 Å². The minimum absolute atomic E-state index is 0.195. The van der Waals surface area contributed by atoms with E-state index < -0.39 is 7.28 Å². The summed E-state index contributed by atoms with van der Waals surface area (Å²) in [5, 5.41) is 0. The number of hydrogen-bond acceptors (Lipinski definition) is 3. The molecule has 0 aliphatic carbocycles. The molecule has 0 heterocycles. The first-order valence-corrected chi connectivity index (χ1v) is 19.2. The van der Waals surface area contributed by atoms with Crippen LogP contribution in [0.15, 0.2) is 18.2 Å². The maximum absolute atomic E-state index is 10.4. The van der Waals surface area contributed by atoms with Gasteiger partial charge in [-0.1, -0.05) is 44.5 Å². The van der Waals surface area contributed by atoms with Gasteiger partial charge in [0.15, 0.2) is 0 Å². The molecule has 0 aliphatic rings. The summed E-state index contributed by atoms with van der Waals surface area (Å²) in [4.78, 5) is 31.3. The third-order valence-electron chi connectivity index (χ3n) is 8.35. The molecule has 1 rings (SSSR count). The van der Waals surface area contributed by atoms with Crippen LogP contribution < -0.4 is 0 Å². The first-order chi connectivity index (χ1) is 18.4. The molecule has 0 amide bonds. The average Bonchev–Trinajstić information content (AvgIpc) is 2.85. The third-order valence-corrected chi connectivity index (χ3v) is 10.8. The van der Waals surface area contributed by atoms with E-state index in [0.717, 1.165) is 38.5 Å². The van der Waals surface area contributed by atoms with Gasteiger partial charge in [0, 0.05) is 0 Å². The van der Waals surface area contributed by atoms with Crippen LogP contribution in [0.3, 0.4) is 0 Å². The summed E-state index contributed by atoms with van der Waals surface area (Å²) >= 11 is 0. The fraction of sp³-hybridized carbons (Fsp3) is 0.829. The zero-order valence-electron chi connectivity index (χ0n) is 26.8. The Bertz CT molecular complexity index is 744. The maximum atomic E-state index is 10.4. The van der Waals surface area contributed by atoms with E-state index in [2.05, 4.69) is 52.8 Å². The van der Waals surface area contributed by atoms with Gasteiger partial charge in [-0.3, -0.25) is 0 Å². The summed E-state index contributed by atoms with van der Waals surface area (Å²) in [6, 6.07) is 6.96. The van der Waals surface area contributed by atoms with Gasteiger partial charge < -0.3 is 0 Å². The van der Waals surface area contributed by atoms with E-state index in [0.29, 0.717) is 0 Å². The molecule has 0 radical (unpaired) electrons. The number of hydrogen-bond donors (Lipinski definition) is 3. The van der Waals surface area contributed by atoms with Crippen molar-refractivity contribution in [1.29, 1.82) is 0 Å². The normalized spacial score (nSPS) is 13.5. The van der Waals surface area contributed by atoms with Crippen LogP contribution in [-0.4, -0.2) is 27.0 Å². The van der Waals surface area contributed by atoms with Crippen LogP contribution in [0, 0.1) is 6.92 Å². The molecule has 230 valence electrons. The molecule has 0 fully saturated rings. The van der Waals surface area contributed by atoms with Crippen LogP contribution in [0.1, 0.15) is 173 Å². The summed E-state index contributed by atoms with van der Waals surface area (Å²) in [7, 11) is -4.40. The van der Waals surface area contributed by atoms with Crippen molar-refractivity contribution in [2.75, 3.05) is 12.3 Å². The van der Waals surface area contributed by atoms with E-state index in [1.54, 1.807) is 0 Å². The summed E-state index contributed by atoms with van der Waals surface area (Å²) in [5.41, 5.74) is 4.62. The van der Waals surface area contributed by atoms with Crippen molar-refractivity contribution in [3.05, 3.63) is 34.9 Å². The zero-order valence-corrected chi connectivity index (χ0v) is 27.7. The number of aryl methyl sites for hydroxylation is 2. The van der Waals surface area contributed by atoms with Crippen molar-refractivity contribution in [1.82, 2.24) is 0 Å². The molecule has 0 spiro atoms. The monoisotopic (exact) mass is 566 g/mol. The fourth-order valence-corrected chi connectivity index (χ4v) is 7.83. The molecular weight excluding hydrogens is 499 g/mol. The average molecular weight is 567 g/mol. The molecule has 3 nitrogen and oxygen atoms in total. The van der Waals surface area contributed by atoms with Gasteiger partial charge in [0.1, 0.15) is 0 Å². The third kappa shape index (κ3) is 19.3. The molecule has 1 aromatic carbocycles. The van der Waals surface area contributed by atoms with Crippen molar-refractivity contribution in [2.24, 2.45) is 0 Å². The van der Waals surface area contributed by atoms with E-state index in [1.807, 2.05) is 0 Å².